The summed E-state index contributed by atoms with van der Waals surface area (Å²) in [7, 11) is 2.81. The third-order valence-electron chi connectivity index (χ3n) is 17.0. The van der Waals surface area contributed by atoms with Crippen molar-refractivity contribution in [1.82, 2.24) is 0 Å². The highest BCUT2D eigenvalue weighted by molar-refractivity contribution is 6.74. The Morgan fingerprint density at radius 2 is 1.63 bits per heavy atom. The largest absolute Gasteiger partial charge is 0.469 e. The molecule has 5 aliphatic rings. The number of methoxy groups -OCH3 is 3. The summed E-state index contributed by atoms with van der Waals surface area (Å²) in [6.07, 6.45) is 5.29. The maximum atomic E-state index is 12.8. The van der Waals surface area contributed by atoms with Crippen molar-refractivity contribution < 1.29 is 51.9 Å². The first kappa shape index (κ1) is 50.9. The van der Waals surface area contributed by atoms with Crippen LogP contribution in [0.5, 0.6) is 0 Å². The second kappa shape index (κ2) is 19.6. The first-order valence-electron chi connectivity index (χ1n) is 24.4. The van der Waals surface area contributed by atoms with Crippen LogP contribution in [0.4, 0.5) is 0 Å². The number of carbonyl (C=O) groups is 1. The quantitative estimate of drug-likeness (QED) is 0.117. The average Bonchev–Trinajstić information content (AvgIpc) is 3.97. The molecule has 5 fully saturated rings. The van der Waals surface area contributed by atoms with E-state index in [-0.39, 0.29) is 71.3 Å². The topological polar surface area (TPSA) is 109 Å². The van der Waals surface area contributed by atoms with Crippen molar-refractivity contribution in [3.63, 3.8) is 0 Å². The minimum atomic E-state index is -2.04. The molecule has 1 spiro atoms. The Morgan fingerprint density at radius 3 is 2.25 bits per heavy atom. The van der Waals surface area contributed by atoms with Crippen LogP contribution in [0.3, 0.4) is 0 Å². The monoisotopic (exact) mass is 903 g/mol. The van der Waals surface area contributed by atoms with Crippen LogP contribution in [0, 0.1) is 35.5 Å². The molecule has 17 atom stereocenters. The second-order valence-corrected chi connectivity index (χ2v) is 27.1. The van der Waals surface area contributed by atoms with Gasteiger partial charge in [0.05, 0.1) is 80.2 Å². The molecule has 360 valence electrons. The molecule has 5 saturated heterocycles. The molecule has 11 nitrogen and oxygen atoms in total. The van der Waals surface area contributed by atoms with Gasteiger partial charge in [0.1, 0.15) is 0 Å². The summed E-state index contributed by atoms with van der Waals surface area (Å²) in [5, 5.41) is 0.0835. The van der Waals surface area contributed by atoms with E-state index >= 15 is 0 Å². The fraction of sp³-hybridized carbons (Fsp3) is 0.863. The molecule has 0 bridgehead atoms. The summed E-state index contributed by atoms with van der Waals surface area (Å²) in [5.41, 5.74) is 0.0802. The van der Waals surface area contributed by atoms with Gasteiger partial charge >= 0.3 is 5.97 Å². The van der Waals surface area contributed by atoms with E-state index < -0.39 is 43.1 Å². The summed E-state index contributed by atoms with van der Waals surface area (Å²) >= 11 is 0. The third-order valence-corrected chi connectivity index (χ3v) is 21.5. The molecule has 6 rings (SSSR count). The molecule has 1 aromatic carbocycles. The second-order valence-electron chi connectivity index (χ2n) is 22.3. The summed E-state index contributed by atoms with van der Waals surface area (Å²) in [6.45, 7) is 29.8. The van der Waals surface area contributed by atoms with Gasteiger partial charge < -0.3 is 47.1 Å². The third kappa shape index (κ3) is 10.2. The van der Waals surface area contributed by atoms with Crippen LogP contribution < -0.4 is 0 Å². The molecule has 0 aromatic heterocycles. The van der Waals surface area contributed by atoms with Gasteiger partial charge in [0, 0.05) is 44.8 Å². The Kier molecular flexibility index (Phi) is 15.9. The fourth-order valence-electron chi connectivity index (χ4n) is 11.8. The minimum Gasteiger partial charge on any atom is -0.469 e. The van der Waals surface area contributed by atoms with Gasteiger partial charge in [0.25, 0.3) is 0 Å². The highest BCUT2D eigenvalue weighted by atomic mass is 28.4. The first-order chi connectivity index (χ1) is 29.5. The molecule has 5 aliphatic heterocycles. The number of benzene rings is 1. The SMILES string of the molecule is CC[C@@]1([C@@H]2O[C@@H]([C@H]3O[C@](CO[Si](C)(C)C(C)(C)C)(OC)[C@H](C)C[C@@H]3C)C[C@@H]2C)CC[C@H]([C@]2(C)CC[C@]3(C[C@H](OCc4ccccc4)[C@@H](C)[C@@H]([C@@H](C)[C@@H](OC)[C@H](C)C(=O)OC)O3)O2)O1. The van der Waals surface area contributed by atoms with Crippen molar-refractivity contribution in [2.45, 2.75) is 218 Å². The smallest absolute Gasteiger partial charge is 0.311 e. The first-order valence-corrected chi connectivity index (χ1v) is 27.3. The van der Waals surface area contributed by atoms with Crippen LogP contribution >= 0.6 is 0 Å². The Labute approximate surface area is 382 Å². The molecular formula is C51H86O11Si. The number of hydrogen-bond acceptors (Lipinski definition) is 11. The standard InChI is InChI=1S/C51H86O11Si/c1-17-49(45-33(3)28-39(58-45)42-32(2)27-34(4)51(55-14,61-42)31-57-63(15,16)47(8,9)10)24-23-41(59-49)48(11)25-26-50(62-48)29-40(56-30-38-21-19-18-20-22-38)35(5)44(60-50)36(6)43(53-12)37(7)46(52)54-13/h18-22,32-37,39-45H,17,23-31H2,1-16H3/t32-,33-,34+,35+,36-,37-,39+,40-,41+,42-,43+,44-,45+,48-,49-,50+,51-/m0/s1. The van der Waals surface area contributed by atoms with E-state index in [0.29, 0.717) is 32.0 Å². The number of rotatable bonds is 16. The normalized spacial score (nSPS) is 41.5. The van der Waals surface area contributed by atoms with Gasteiger partial charge in [-0.25, -0.2) is 0 Å². The van der Waals surface area contributed by atoms with Crippen molar-refractivity contribution in [1.29, 1.82) is 0 Å². The van der Waals surface area contributed by atoms with Gasteiger partial charge in [0.15, 0.2) is 19.9 Å². The lowest BCUT2D eigenvalue weighted by molar-refractivity contribution is -0.340. The van der Waals surface area contributed by atoms with Crippen molar-refractivity contribution in [3.8, 4) is 0 Å². The van der Waals surface area contributed by atoms with Gasteiger partial charge in [-0.2, -0.15) is 0 Å². The molecule has 5 heterocycles. The lowest BCUT2D eigenvalue weighted by atomic mass is 9.78. The van der Waals surface area contributed by atoms with E-state index in [1.807, 2.05) is 25.1 Å². The van der Waals surface area contributed by atoms with E-state index in [1.54, 1.807) is 14.2 Å². The fourth-order valence-corrected chi connectivity index (χ4v) is 12.8. The number of carbonyl (C=O) groups excluding carboxylic acids is 1. The van der Waals surface area contributed by atoms with Gasteiger partial charge in [-0.05, 0) is 87.9 Å². The van der Waals surface area contributed by atoms with Crippen LogP contribution in [-0.4, -0.2) is 108 Å². The Bertz CT molecular complexity index is 1660. The Balaban J connectivity index is 1.18. The van der Waals surface area contributed by atoms with Crippen molar-refractivity contribution in [3.05, 3.63) is 35.9 Å². The molecule has 0 aliphatic carbocycles. The van der Waals surface area contributed by atoms with Crippen molar-refractivity contribution in [2.24, 2.45) is 35.5 Å². The van der Waals surface area contributed by atoms with Gasteiger partial charge in [-0.15, -0.1) is 0 Å². The van der Waals surface area contributed by atoms with Crippen molar-refractivity contribution in [2.75, 3.05) is 27.9 Å². The van der Waals surface area contributed by atoms with Crippen LogP contribution in [0.15, 0.2) is 30.3 Å². The zero-order valence-electron chi connectivity index (χ0n) is 42.0. The predicted molar refractivity (Wildman–Crippen MR) is 247 cm³/mol. The zero-order valence-corrected chi connectivity index (χ0v) is 43.0. The molecule has 0 unspecified atom stereocenters. The molecule has 0 radical (unpaired) electrons. The minimum absolute atomic E-state index is 0.00884. The van der Waals surface area contributed by atoms with Crippen LogP contribution in [0.2, 0.25) is 18.1 Å². The van der Waals surface area contributed by atoms with E-state index in [9.17, 15) is 4.79 Å². The van der Waals surface area contributed by atoms with Crippen LogP contribution in [-0.2, 0) is 58.5 Å². The molecule has 0 amide bonds. The van der Waals surface area contributed by atoms with Gasteiger partial charge in [-0.3, -0.25) is 4.79 Å². The maximum absolute atomic E-state index is 12.8. The van der Waals surface area contributed by atoms with Gasteiger partial charge in [0.2, 0.25) is 0 Å². The lowest BCUT2D eigenvalue weighted by Gasteiger charge is -2.50. The van der Waals surface area contributed by atoms with E-state index in [1.165, 1.54) is 7.11 Å². The molecule has 0 saturated carbocycles. The van der Waals surface area contributed by atoms with Crippen molar-refractivity contribution >= 4 is 14.3 Å². The summed E-state index contributed by atoms with van der Waals surface area (Å²) in [6, 6.07) is 10.3. The predicted octanol–water partition coefficient (Wildman–Crippen LogP) is 10.3. The summed E-state index contributed by atoms with van der Waals surface area (Å²) in [5.74, 6) is -1.88. The maximum Gasteiger partial charge on any atom is 0.311 e. The molecule has 1 aromatic rings. The molecule has 12 heteroatoms. The highest BCUT2D eigenvalue weighted by Gasteiger charge is 2.63. The Hall–Kier alpha value is -1.45. The summed E-state index contributed by atoms with van der Waals surface area (Å²) in [4.78, 5) is 12.8. The number of esters is 1. The summed E-state index contributed by atoms with van der Waals surface area (Å²) < 4.78 is 67.4. The lowest BCUT2D eigenvalue weighted by Crippen LogP contribution is -2.59. The van der Waals surface area contributed by atoms with Crippen LogP contribution in [0.25, 0.3) is 0 Å². The van der Waals surface area contributed by atoms with E-state index in [4.69, 9.17) is 47.1 Å². The van der Waals surface area contributed by atoms with Crippen LogP contribution in [0.1, 0.15) is 133 Å². The number of hydrogen-bond donors (Lipinski definition) is 0. The van der Waals surface area contributed by atoms with E-state index in [2.05, 4.69) is 94.5 Å². The Morgan fingerprint density at radius 1 is 0.937 bits per heavy atom. The molecule has 0 N–H and O–H groups in total. The number of ether oxygens (including phenoxy) is 9. The molecule has 63 heavy (non-hydrogen) atoms. The molecular weight excluding hydrogens is 817 g/mol. The average molecular weight is 903 g/mol. The highest BCUT2D eigenvalue weighted by Crippen LogP contribution is 2.55. The van der Waals surface area contributed by atoms with Gasteiger partial charge in [-0.1, -0.05) is 92.6 Å². The zero-order chi connectivity index (χ0) is 46.3. The van der Waals surface area contributed by atoms with E-state index in [0.717, 1.165) is 44.1 Å².